The maximum Gasteiger partial charge on any atom is 0.0630 e. The first-order valence-corrected chi connectivity index (χ1v) is 6.08. The van der Waals surface area contributed by atoms with Crippen molar-refractivity contribution in [3.8, 4) is 0 Å². The topological polar surface area (TPSA) is 24.5 Å². The molecule has 1 N–H and O–H groups in total. The van der Waals surface area contributed by atoms with Crippen LogP contribution in [0.1, 0.15) is 33.6 Å². The Morgan fingerprint density at radius 1 is 1.33 bits per heavy atom. The van der Waals surface area contributed by atoms with Gasteiger partial charge in [0.1, 0.15) is 0 Å². The lowest BCUT2D eigenvalue weighted by Gasteiger charge is -2.32. The van der Waals surface area contributed by atoms with Crippen molar-refractivity contribution in [1.29, 1.82) is 0 Å². The number of likely N-dealkylation sites (N-methyl/N-ethyl adjacent to an activating group) is 1. The van der Waals surface area contributed by atoms with Gasteiger partial charge in [-0.1, -0.05) is 13.8 Å². The van der Waals surface area contributed by atoms with Gasteiger partial charge in [-0.3, -0.25) is 4.90 Å². The minimum Gasteiger partial charge on any atom is -0.383 e. The largest absolute Gasteiger partial charge is 0.383 e. The third kappa shape index (κ3) is 6.13. The number of nitrogens with one attached hydrogen (secondary N) is 1. The van der Waals surface area contributed by atoms with Gasteiger partial charge in [0.15, 0.2) is 0 Å². The molecule has 0 aromatic heterocycles. The Bertz CT molecular complexity index is 142. The number of hydrogen-bond donors (Lipinski definition) is 1. The van der Waals surface area contributed by atoms with Crippen LogP contribution in [0, 0.1) is 0 Å². The Balaban J connectivity index is 3.99. The van der Waals surface area contributed by atoms with Gasteiger partial charge in [0.2, 0.25) is 0 Å². The van der Waals surface area contributed by atoms with E-state index in [1.807, 2.05) is 0 Å². The SMILES string of the molecule is CCCNCC(COC)N(C)C(C)CC. The highest BCUT2D eigenvalue weighted by Crippen LogP contribution is 2.05. The predicted octanol–water partition coefficient (Wildman–Crippen LogP) is 1.73. The average Bonchev–Trinajstić information content (AvgIpc) is 2.26. The molecule has 0 heterocycles. The van der Waals surface area contributed by atoms with Crippen LogP contribution in [-0.2, 0) is 4.74 Å². The molecule has 0 aliphatic heterocycles. The van der Waals surface area contributed by atoms with Crippen LogP contribution in [0.2, 0.25) is 0 Å². The summed E-state index contributed by atoms with van der Waals surface area (Å²) in [4.78, 5) is 2.41. The third-order valence-electron chi connectivity index (χ3n) is 3.03. The molecule has 2 unspecified atom stereocenters. The molecule has 3 heteroatoms. The second kappa shape index (κ2) is 9.13. The fourth-order valence-corrected chi connectivity index (χ4v) is 1.61. The maximum absolute atomic E-state index is 5.27. The van der Waals surface area contributed by atoms with Crippen LogP contribution >= 0.6 is 0 Å². The number of rotatable bonds is 9. The molecule has 0 bridgehead atoms. The second-order valence-corrected chi connectivity index (χ2v) is 4.24. The van der Waals surface area contributed by atoms with Crippen molar-refractivity contribution in [3.63, 3.8) is 0 Å². The van der Waals surface area contributed by atoms with Crippen LogP contribution in [0.5, 0.6) is 0 Å². The molecule has 0 rings (SSSR count). The van der Waals surface area contributed by atoms with E-state index in [9.17, 15) is 0 Å². The van der Waals surface area contributed by atoms with Crippen LogP contribution in [-0.4, -0.2) is 50.8 Å². The first kappa shape index (κ1) is 14.9. The van der Waals surface area contributed by atoms with Crippen molar-refractivity contribution in [2.24, 2.45) is 0 Å². The quantitative estimate of drug-likeness (QED) is 0.594. The minimum absolute atomic E-state index is 0.483. The molecule has 15 heavy (non-hydrogen) atoms. The lowest BCUT2D eigenvalue weighted by atomic mass is 10.1. The van der Waals surface area contributed by atoms with Crippen molar-refractivity contribution in [2.75, 3.05) is 33.9 Å². The standard InChI is InChI=1S/C12H28N2O/c1-6-8-13-9-12(10-15-5)14(4)11(3)7-2/h11-13H,6-10H2,1-5H3. The molecule has 0 fully saturated rings. The summed E-state index contributed by atoms with van der Waals surface area (Å²) in [5.41, 5.74) is 0. The molecule has 92 valence electrons. The Morgan fingerprint density at radius 2 is 2.00 bits per heavy atom. The molecule has 0 radical (unpaired) electrons. The van der Waals surface area contributed by atoms with Gasteiger partial charge in [-0.05, 0) is 33.4 Å². The van der Waals surface area contributed by atoms with E-state index in [2.05, 4.69) is 38.0 Å². The van der Waals surface area contributed by atoms with Gasteiger partial charge in [0, 0.05) is 25.7 Å². The Hall–Kier alpha value is -0.120. The van der Waals surface area contributed by atoms with Crippen molar-refractivity contribution in [2.45, 2.75) is 45.7 Å². The lowest BCUT2D eigenvalue weighted by molar-refractivity contribution is 0.0827. The van der Waals surface area contributed by atoms with E-state index in [1.165, 1.54) is 12.8 Å². The van der Waals surface area contributed by atoms with E-state index in [1.54, 1.807) is 7.11 Å². The summed E-state index contributed by atoms with van der Waals surface area (Å²) in [5.74, 6) is 0. The zero-order valence-corrected chi connectivity index (χ0v) is 11.0. The summed E-state index contributed by atoms with van der Waals surface area (Å²) in [6, 6.07) is 1.10. The molecule has 0 aromatic rings. The van der Waals surface area contributed by atoms with Gasteiger partial charge >= 0.3 is 0 Å². The lowest BCUT2D eigenvalue weighted by Crippen LogP contribution is -2.47. The summed E-state index contributed by atoms with van der Waals surface area (Å²) in [5, 5.41) is 3.46. The molecule has 0 spiro atoms. The summed E-state index contributed by atoms with van der Waals surface area (Å²) in [7, 11) is 3.96. The Labute approximate surface area is 95.2 Å². The van der Waals surface area contributed by atoms with Gasteiger partial charge in [-0.25, -0.2) is 0 Å². The van der Waals surface area contributed by atoms with Gasteiger partial charge in [-0.2, -0.15) is 0 Å². The number of hydrogen-bond acceptors (Lipinski definition) is 3. The summed E-state index contributed by atoms with van der Waals surface area (Å²) in [6.07, 6.45) is 2.37. The molecule has 0 aliphatic carbocycles. The smallest absolute Gasteiger partial charge is 0.0630 e. The van der Waals surface area contributed by atoms with Gasteiger partial charge in [-0.15, -0.1) is 0 Å². The van der Waals surface area contributed by atoms with Crippen molar-refractivity contribution < 1.29 is 4.74 Å². The Morgan fingerprint density at radius 3 is 2.47 bits per heavy atom. The molecule has 0 saturated heterocycles. The molecule has 3 nitrogen and oxygen atoms in total. The van der Waals surface area contributed by atoms with Crippen LogP contribution in [0.25, 0.3) is 0 Å². The van der Waals surface area contributed by atoms with E-state index in [4.69, 9.17) is 4.74 Å². The zero-order chi connectivity index (χ0) is 11.7. The predicted molar refractivity (Wildman–Crippen MR) is 66.3 cm³/mol. The van der Waals surface area contributed by atoms with Crippen LogP contribution < -0.4 is 5.32 Å². The number of methoxy groups -OCH3 is 1. The van der Waals surface area contributed by atoms with Crippen LogP contribution in [0.15, 0.2) is 0 Å². The molecule has 0 amide bonds. The molecule has 0 aromatic carbocycles. The van der Waals surface area contributed by atoms with Gasteiger partial charge in [0.05, 0.1) is 6.61 Å². The fourth-order valence-electron chi connectivity index (χ4n) is 1.61. The second-order valence-electron chi connectivity index (χ2n) is 4.24. The normalized spacial score (nSPS) is 15.6. The highest BCUT2D eigenvalue weighted by atomic mass is 16.5. The van der Waals surface area contributed by atoms with Crippen molar-refractivity contribution in [3.05, 3.63) is 0 Å². The van der Waals surface area contributed by atoms with Crippen molar-refractivity contribution >= 4 is 0 Å². The van der Waals surface area contributed by atoms with Crippen LogP contribution in [0.3, 0.4) is 0 Å². The first-order valence-electron chi connectivity index (χ1n) is 6.08. The minimum atomic E-state index is 0.483. The number of ether oxygens (including phenoxy) is 1. The average molecular weight is 216 g/mol. The van der Waals surface area contributed by atoms with E-state index >= 15 is 0 Å². The van der Waals surface area contributed by atoms with E-state index in [-0.39, 0.29) is 0 Å². The summed E-state index contributed by atoms with van der Waals surface area (Å²) >= 11 is 0. The zero-order valence-electron chi connectivity index (χ0n) is 11.0. The van der Waals surface area contributed by atoms with Crippen molar-refractivity contribution in [1.82, 2.24) is 10.2 Å². The van der Waals surface area contributed by atoms with Gasteiger partial charge in [0.25, 0.3) is 0 Å². The first-order chi connectivity index (χ1) is 7.17. The highest BCUT2D eigenvalue weighted by molar-refractivity contribution is 4.75. The third-order valence-corrected chi connectivity index (χ3v) is 3.03. The van der Waals surface area contributed by atoms with E-state index in [0.29, 0.717) is 12.1 Å². The molecular formula is C12H28N2O. The Kier molecular flexibility index (Phi) is 9.06. The maximum atomic E-state index is 5.27. The molecule has 2 atom stereocenters. The van der Waals surface area contributed by atoms with Gasteiger partial charge < -0.3 is 10.1 Å². The highest BCUT2D eigenvalue weighted by Gasteiger charge is 2.17. The number of nitrogens with zero attached hydrogens (tertiary/aromatic N) is 1. The monoisotopic (exact) mass is 216 g/mol. The summed E-state index contributed by atoms with van der Waals surface area (Å²) in [6.45, 7) is 9.60. The van der Waals surface area contributed by atoms with E-state index in [0.717, 1.165) is 19.7 Å². The molecule has 0 aliphatic rings. The summed E-state index contributed by atoms with van der Waals surface area (Å²) < 4.78 is 5.27. The fraction of sp³-hybridized carbons (Fsp3) is 1.00. The molecule has 0 saturated carbocycles. The van der Waals surface area contributed by atoms with E-state index < -0.39 is 0 Å². The molecular weight excluding hydrogens is 188 g/mol. The van der Waals surface area contributed by atoms with Crippen LogP contribution in [0.4, 0.5) is 0 Å².